The Bertz CT molecular complexity index is 1300. The number of anilines is 4. The molecule has 0 unspecified atom stereocenters. The van der Waals surface area contributed by atoms with Gasteiger partial charge in [-0.25, -0.2) is 0 Å². The summed E-state index contributed by atoms with van der Waals surface area (Å²) in [6.45, 7) is 8.40. The van der Waals surface area contributed by atoms with Crippen molar-refractivity contribution in [2.75, 3.05) is 65.3 Å². The van der Waals surface area contributed by atoms with Crippen molar-refractivity contribution in [1.82, 2.24) is 9.47 Å². The maximum absolute atomic E-state index is 13.0. The number of rotatable bonds is 16. The molecule has 1 heterocycles. The number of halogens is 2. The van der Waals surface area contributed by atoms with E-state index in [9.17, 15) is 14.4 Å². The van der Waals surface area contributed by atoms with Gasteiger partial charge in [-0.3, -0.25) is 14.4 Å². The van der Waals surface area contributed by atoms with Crippen LogP contribution in [0.3, 0.4) is 0 Å². The van der Waals surface area contributed by atoms with Gasteiger partial charge in [0.1, 0.15) is 5.69 Å². The number of carbonyl (C=O) groups excluding carboxylic acids is 3. The van der Waals surface area contributed by atoms with Crippen LogP contribution < -0.4 is 20.9 Å². The molecule has 0 spiro atoms. The van der Waals surface area contributed by atoms with Crippen molar-refractivity contribution in [2.24, 2.45) is 7.05 Å². The first-order chi connectivity index (χ1) is 20.3. The molecule has 0 aliphatic carbocycles. The number of alkyl halides is 2. The number of carbonyl (C=O) groups is 3. The van der Waals surface area contributed by atoms with Gasteiger partial charge in [0.25, 0.3) is 11.8 Å². The number of benzene rings is 2. The molecule has 0 atom stereocenters. The molecule has 0 bridgehead atoms. The first-order valence-electron chi connectivity index (χ1n) is 14.2. The van der Waals surface area contributed by atoms with E-state index in [1.165, 1.54) is 0 Å². The van der Waals surface area contributed by atoms with Crippen molar-refractivity contribution >= 4 is 63.7 Å². The number of amides is 3. The Morgan fingerprint density at radius 2 is 1.33 bits per heavy atom. The predicted octanol–water partition coefficient (Wildman–Crippen LogP) is 5.87. The van der Waals surface area contributed by atoms with Gasteiger partial charge in [-0.05, 0) is 80.7 Å². The Kier molecular flexibility index (Phi) is 13.2. The number of nitrogens with zero attached hydrogens (tertiary/aromatic N) is 3. The zero-order valence-corrected chi connectivity index (χ0v) is 26.0. The third kappa shape index (κ3) is 9.79. The van der Waals surface area contributed by atoms with Gasteiger partial charge in [0.15, 0.2) is 0 Å². The molecule has 226 valence electrons. The van der Waals surface area contributed by atoms with Crippen LogP contribution in [-0.2, 0) is 11.8 Å². The second kappa shape index (κ2) is 16.8. The van der Waals surface area contributed by atoms with Crippen LogP contribution in [0.2, 0.25) is 0 Å². The van der Waals surface area contributed by atoms with Crippen molar-refractivity contribution in [1.29, 1.82) is 0 Å². The summed E-state index contributed by atoms with van der Waals surface area (Å²) in [5.74, 6) is 0.302. The highest BCUT2D eigenvalue weighted by molar-refractivity contribution is 6.18. The summed E-state index contributed by atoms with van der Waals surface area (Å²) >= 11 is 11.8. The lowest BCUT2D eigenvalue weighted by Gasteiger charge is -2.23. The standard InChI is InChI=1S/C31H40Cl2N6O3/c1-4-38(5-2)18-6-7-29(40)34-24-10-8-23(9-11-24)30(41)36-26-21-28(37(3)22-26)31(42)35-25-12-14-27(15-13-25)39(19-16-32)20-17-33/h8-15,21-22H,4-7,16-20H2,1-3H3,(H,34,40)(H,35,42)(H,36,41). The van der Waals surface area contributed by atoms with Crippen molar-refractivity contribution in [3.8, 4) is 0 Å². The van der Waals surface area contributed by atoms with Crippen LogP contribution in [0.15, 0.2) is 60.8 Å². The van der Waals surface area contributed by atoms with Crippen LogP contribution in [0.25, 0.3) is 0 Å². The molecule has 3 rings (SSSR count). The van der Waals surface area contributed by atoms with Gasteiger partial charge in [0.2, 0.25) is 5.91 Å². The maximum Gasteiger partial charge on any atom is 0.272 e. The topological polar surface area (TPSA) is 98.7 Å². The summed E-state index contributed by atoms with van der Waals surface area (Å²) < 4.78 is 1.65. The molecule has 0 saturated heterocycles. The van der Waals surface area contributed by atoms with E-state index in [-0.39, 0.29) is 17.7 Å². The molecule has 3 amide bonds. The second-order valence-corrected chi connectivity index (χ2v) is 10.6. The van der Waals surface area contributed by atoms with E-state index in [1.54, 1.807) is 48.1 Å². The molecule has 0 fully saturated rings. The first-order valence-corrected chi connectivity index (χ1v) is 15.2. The minimum absolute atomic E-state index is 0.0509. The molecule has 9 nitrogen and oxygen atoms in total. The first kappa shape index (κ1) is 33.0. The quantitative estimate of drug-likeness (QED) is 0.175. The summed E-state index contributed by atoms with van der Waals surface area (Å²) in [4.78, 5) is 42.4. The fourth-order valence-corrected chi connectivity index (χ4v) is 4.93. The van der Waals surface area contributed by atoms with Crippen molar-refractivity contribution in [2.45, 2.75) is 26.7 Å². The smallest absolute Gasteiger partial charge is 0.272 e. The Morgan fingerprint density at radius 1 is 0.762 bits per heavy atom. The van der Waals surface area contributed by atoms with Crippen LogP contribution >= 0.6 is 23.2 Å². The largest absolute Gasteiger partial charge is 0.369 e. The van der Waals surface area contributed by atoms with Gasteiger partial charge in [-0.2, -0.15) is 0 Å². The lowest BCUT2D eigenvalue weighted by Crippen LogP contribution is -2.27. The van der Waals surface area contributed by atoms with Crippen LogP contribution in [-0.4, -0.2) is 71.7 Å². The second-order valence-electron chi connectivity index (χ2n) is 9.80. The number of hydrogen-bond acceptors (Lipinski definition) is 5. The van der Waals surface area contributed by atoms with Gasteiger partial charge in [-0.15, -0.1) is 23.2 Å². The Morgan fingerprint density at radius 3 is 1.93 bits per heavy atom. The summed E-state index contributed by atoms with van der Waals surface area (Å²) in [5, 5.41) is 8.61. The molecule has 1 aromatic heterocycles. The summed E-state index contributed by atoms with van der Waals surface area (Å²) in [6, 6.07) is 15.8. The molecular formula is C31H40Cl2N6O3. The summed E-state index contributed by atoms with van der Waals surface area (Å²) in [6.07, 6.45) is 2.91. The highest BCUT2D eigenvalue weighted by atomic mass is 35.5. The molecule has 11 heteroatoms. The zero-order chi connectivity index (χ0) is 30.5. The number of hydrogen-bond donors (Lipinski definition) is 3. The number of aryl methyl sites for hydroxylation is 1. The summed E-state index contributed by atoms with van der Waals surface area (Å²) in [7, 11) is 1.74. The van der Waals surface area contributed by atoms with Crippen molar-refractivity contribution in [3.63, 3.8) is 0 Å². The average molecular weight is 616 g/mol. The van der Waals surface area contributed by atoms with E-state index >= 15 is 0 Å². The van der Waals surface area contributed by atoms with E-state index in [4.69, 9.17) is 23.2 Å². The summed E-state index contributed by atoms with van der Waals surface area (Å²) in [5.41, 5.74) is 3.56. The van der Waals surface area contributed by atoms with E-state index in [0.29, 0.717) is 59.6 Å². The van der Waals surface area contributed by atoms with Gasteiger partial charge >= 0.3 is 0 Å². The van der Waals surface area contributed by atoms with Crippen LogP contribution in [0.5, 0.6) is 0 Å². The third-order valence-electron chi connectivity index (χ3n) is 6.90. The monoisotopic (exact) mass is 614 g/mol. The Hall–Kier alpha value is -3.53. The van der Waals surface area contributed by atoms with Gasteiger partial charge in [0.05, 0.1) is 5.69 Å². The van der Waals surface area contributed by atoms with E-state index in [1.807, 2.05) is 24.3 Å². The SMILES string of the molecule is CCN(CC)CCCC(=O)Nc1ccc(C(=O)Nc2cc(C(=O)Nc3ccc(N(CCCl)CCCl)cc3)n(C)c2)cc1. The normalized spacial score (nSPS) is 10.9. The van der Waals surface area contributed by atoms with Crippen molar-refractivity contribution in [3.05, 3.63) is 72.1 Å². The molecule has 42 heavy (non-hydrogen) atoms. The highest BCUT2D eigenvalue weighted by Crippen LogP contribution is 2.21. The molecule has 2 aromatic carbocycles. The molecule has 0 radical (unpaired) electrons. The lowest BCUT2D eigenvalue weighted by atomic mass is 10.2. The minimum atomic E-state index is -0.321. The van der Waals surface area contributed by atoms with Crippen LogP contribution in [0.1, 0.15) is 47.5 Å². The zero-order valence-electron chi connectivity index (χ0n) is 24.5. The fourth-order valence-electron chi connectivity index (χ4n) is 4.52. The van der Waals surface area contributed by atoms with E-state index < -0.39 is 0 Å². The molecule has 3 aromatic rings. The third-order valence-corrected chi connectivity index (χ3v) is 7.24. The minimum Gasteiger partial charge on any atom is -0.369 e. The maximum atomic E-state index is 13.0. The molecule has 0 aliphatic rings. The fraction of sp³-hybridized carbons (Fsp3) is 0.387. The molecule has 0 aliphatic heterocycles. The van der Waals surface area contributed by atoms with E-state index in [2.05, 4.69) is 39.6 Å². The number of aromatic nitrogens is 1. The number of nitrogens with one attached hydrogen (secondary N) is 3. The van der Waals surface area contributed by atoms with Gasteiger partial charge < -0.3 is 30.3 Å². The average Bonchev–Trinajstić information content (AvgIpc) is 3.35. The van der Waals surface area contributed by atoms with Gasteiger partial charge in [0, 0.05) is 67.1 Å². The Balaban J connectivity index is 1.54. The van der Waals surface area contributed by atoms with Crippen LogP contribution in [0, 0.1) is 0 Å². The molecular weight excluding hydrogens is 575 g/mol. The van der Waals surface area contributed by atoms with Crippen LogP contribution in [0.4, 0.5) is 22.7 Å². The predicted molar refractivity (Wildman–Crippen MR) is 174 cm³/mol. The van der Waals surface area contributed by atoms with E-state index in [0.717, 1.165) is 31.7 Å². The van der Waals surface area contributed by atoms with Crippen molar-refractivity contribution < 1.29 is 14.4 Å². The molecule has 3 N–H and O–H groups in total. The van der Waals surface area contributed by atoms with Gasteiger partial charge in [-0.1, -0.05) is 13.8 Å². The molecule has 0 saturated carbocycles. The lowest BCUT2D eigenvalue weighted by molar-refractivity contribution is -0.116. The Labute approximate surface area is 258 Å². The highest BCUT2D eigenvalue weighted by Gasteiger charge is 2.15.